The molecule has 16 heavy (non-hydrogen) atoms. The summed E-state index contributed by atoms with van der Waals surface area (Å²) in [6.45, 7) is 0. The van der Waals surface area contributed by atoms with Crippen molar-refractivity contribution in [3.63, 3.8) is 0 Å². The second-order valence-electron chi connectivity index (χ2n) is 3.51. The van der Waals surface area contributed by atoms with Crippen molar-refractivity contribution in [3.05, 3.63) is 35.4 Å². The van der Waals surface area contributed by atoms with Crippen molar-refractivity contribution in [2.24, 2.45) is 5.92 Å². The Morgan fingerprint density at radius 2 is 2.31 bits per heavy atom. The highest BCUT2D eigenvalue weighted by Crippen LogP contribution is 2.12. The highest BCUT2D eigenvalue weighted by atomic mass is 16.4. The topological polar surface area (TPSA) is 78.2 Å². The summed E-state index contributed by atoms with van der Waals surface area (Å²) in [4.78, 5) is 21.1. The molecule has 0 aliphatic heterocycles. The van der Waals surface area contributed by atoms with Gasteiger partial charge in [-0.3, -0.25) is 4.79 Å². The summed E-state index contributed by atoms with van der Waals surface area (Å²) in [7, 11) is 0. The summed E-state index contributed by atoms with van der Waals surface area (Å²) in [5.74, 6) is -1.53. The van der Waals surface area contributed by atoms with Gasteiger partial charge in [0.25, 0.3) is 0 Å². The Morgan fingerprint density at radius 3 is 2.88 bits per heavy atom. The number of hydrogen-bond donors (Lipinski definition) is 1. The molecule has 4 heteroatoms. The normalized spacial score (nSPS) is 11.4. The first kappa shape index (κ1) is 11.9. The Morgan fingerprint density at radius 1 is 1.56 bits per heavy atom. The van der Waals surface area contributed by atoms with E-state index in [0.717, 1.165) is 5.56 Å². The molecule has 0 radical (unpaired) electrons. The van der Waals surface area contributed by atoms with Gasteiger partial charge in [-0.2, -0.15) is 5.26 Å². The molecule has 0 saturated heterocycles. The second-order valence-corrected chi connectivity index (χ2v) is 3.51. The van der Waals surface area contributed by atoms with Gasteiger partial charge in [0.05, 0.1) is 18.1 Å². The SMILES string of the molecule is N#Cc1cccc(CC(C=O)CC(=O)O)c1. The van der Waals surface area contributed by atoms with Crippen LogP contribution in [0.3, 0.4) is 0 Å². The number of nitrogens with zero attached hydrogens (tertiary/aromatic N) is 1. The summed E-state index contributed by atoms with van der Waals surface area (Å²) < 4.78 is 0. The van der Waals surface area contributed by atoms with Crippen LogP contribution in [0.25, 0.3) is 0 Å². The Balaban J connectivity index is 2.74. The molecular formula is C12H11NO3. The second kappa shape index (κ2) is 5.66. The zero-order valence-electron chi connectivity index (χ0n) is 8.59. The molecule has 1 aromatic carbocycles. The number of carbonyl (C=O) groups is 2. The fourth-order valence-electron chi connectivity index (χ4n) is 1.46. The summed E-state index contributed by atoms with van der Waals surface area (Å²) in [5, 5.41) is 17.3. The molecule has 82 valence electrons. The van der Waals surface area contributed by atoms with Crippen LogP contribution in [0.1, 0.15) is 17.5 Å². The van der Waals surface area contributed by atoms with E-state index in [1.807, 2.05) is 6.07 Å². The van der Waals surface area contributed by atoms with Crippen LogP contribution < -0.4 is 0 Å². The first-order valence-corrected chi connectivity index (χ1v) is 4.82. The molecule has 4 nitrogen and oxygen atoms in total. The lowest BCUT2D eigenvalue weighted by atomic mass is 9.97. The first-order valence-electron chi connectivity index (χ1n) is 4.82. The zero-order chi connectivity index (χ0) is 12.0. The van der Waals surface area contributed by atoms with E-state index in [4.69, 9.17) is 10.4 Å². The van der Waals surface area contributed by atoms with E-state index in [0.29, 0.717) is 18.3 Å². The van der Waals surface area contributed by atoms with Crippen LogP contribution in [0.4, 0.5) is 0 Å². The predicted molar refractivity (Wildman–Crippen MR) is 56.7 cm³/mol. The summed E-state index contributed by atoms with van der Waals surface area (Å²) in [6, 6.07) is 8.82. The van der Waals surface area contributed by atoms with E-state index in [1.54, 1.807) is 24.3 Å². The third-order valence-electron chi connectivity index (χ3n) is 2.18. The van der Waals surface area contributed by atoms with Crippen LogP contribution in [0.2, 0.25) is 0 Å². The number of carboxylic acid groups (broad SMARTS) is 1. The summed E-state index contributed by atoms with van der Waals surface area (Å²) in [5.41, 5.74) is 1.31. The minimum atomic E-state index is -0.992. The quantitative estimate of drug-likeness (QED) is 0.756. The maximum absolute atomic E-state index is 10.7. The van der Waals surface area contributed by atoms with E-state index >= 15 is 0 Å². The molecular weight excluding hydrogens is 206 g/mol. The minimum absolute atomic E-state index is 0.180. The molecule has 0 saturated carbocycles. The molecule has 0 bridgehead atoms. The van der Waals surface area contributed by atoms with Crippen LogP contribution in [0, 0.1) is 17.2 Å². The lowest BCUT2D eigenvalue weighted by Crippen LogP contribution is -2.12. The molecule has 0 spiro atoms. The fraction of sp³-hybridized carbons (Fsp3) is 0.250. The van der Waals surface area contributed by atoms with Gasteiger partial charge in [0.15, 0.2) is 0 Å². The van der Waals surface area contributed by atoms with Gasteiger partial charge >= 0.3 is 5.97 Å². The van der Waals surface area contributed by atoms with E-state index in [9.17, 15) is 9.59 Å². The van der Waals surface area contributed by atoms with Crippen molar-refractivity contribution >= 4 is 12.3 Å². The Bertz CT molecular complexity index is 434. The van der Waals surface area contributed by atoms with Crippen molar-refractivity contribution in [3.8, 4) is 6.07 Å². The van der Waals surface area contributed by atoms with E-state index in [2.05, 4.69) is 0 Å². The van der Waals surface area contributed by atoms with Gasteiger partial charge in [-0.05, 0) is 24.1 Å². The van der Waals surface area contributed by atoms with Gasteiger partial charge in [-0.25, -0.2) is 0 Å². The predicted octanol–water partition coefficient (Wildman–Crippen LogP) is 1.39. The monoisotopic (exact) mass is 217 g/mol. The number of hydrogen-bond acceptors (Lipinski definition) is 3. The molecule has 1 unspecified atom stereocenters. The molecule has 0 aliphatic carbocycles. The Hall–Kier alpha value is -2.15. The van der Waals surface area contributed by atoms with E-state index in [-0.39, 0.29) is 6.42 Å². The number of aliphatic carboxylic acids is 1. The number of carbonyl (C=O) groups excluding carboxylic acids is 1. The van der Waals surface area contributed by atoms with Gasteiger partial charge < -0.3 is 9.90 Å². The standard InChI is InChI=1S/C12H11NO3/c13-7-10-3-1-2-9(4-10)5-11(8-14)6-12(15)16/h1-4,8,11H,5-6H2,(H,15,16). The highest BCUT2D eigenvalue weighted by Gasteiger charge is 2.12. The van der Waals surface area contributed by atoms with Crippen LogP contribution >= 0.6 is 0 Å². The summed E-state index contributed by atoms with van der Waals surface area (Å²) in [6.07, 6.45) is 0.818. The van der Waals surface area contributed by atoms with Gasteiger partial charge in [-0.15, -0.1) is 0 Å². The van der Waals surface area contributed by atoms with Crippen LogP contribution in [-0.4, -0.2) is 17.4 Å². The molecule has 0 aliphatic rings. The summed E-state index contributed by atoms with van der Waals surface area (Å²) >= 11 is 0. The zero-order valence-corrected chi connectivity index (χ0v) is 8.59. The number of benzene rings is 1. The molecule has 1 aromatic rings. The van der Waals surface area contributed by atoms with Crippen molar-refractivity contribution in [2.75, 3.05) is 0 Å². The van der Waals surface area contributed by atoms with E-state index < -0.39 is 11.9 Å². The number of nitriles is 1. The van der Waals surface area contributed by atoms with Gasteiger partial charge in [0.1, 0.15) is 6.29 Å². The van der Waals surface area contributed by atoms with Crippen LogP contribution in [0.15, 0.2) is 24.3 Å². The fourth-order valence-corrected chi connectivity index (χ4v) is 1.46. The number of aldehydes is 1. The van der Waals surface area contributed by atoms with Crippen LogP contribution in [-0.2, 0) is 16.0 Å². The molecule has 0 fully saturated rings. The van der Waals surface area contributed by atoms with Gasteiger partial charge in [0, 0.05) is 5.92 Å². The third kappa shape index (κ3) is 3.54. The van der Waals surface area contributed by atoms with Crippen molar-refractivity contribution < 1.29 is 14.7 Å². The third-order valence-corrected chi connectivity index (χ3v) is 2.18. The maximum Gasteiger partial charge on any atom is 0.304 e. The largest absolute Gasteiger partial charge is 0.481 e. The highest BCUT2D eigenvalue weighted by molar-refractivity contribution is 5.72. The average molecular weight is 217 g/mol. The molecule has 1 atom stereocenters. The lowest BCUT2D eigenvalue weighted by molar-refractivity contribution is -0.139. The van der Waals surface area contributed by atoms with Crippen LogP contribution in [0.5, 0.6) is 0 Å². The minimum Gasteiger partial charge on any atom is -0.481 e. The van der Waals surface area contributed by atoms with Gasteiger partial charge in [-0.1, -0.05) is 12.1 Å². The molecule has 0 heterocycles. The van der Waals surface area contributed by atoms with E-state index in [1.165, 1.54) is 0 Å². The smallest absolute Gasteiger partial charge is 0.304 e. The molecule has 0 aromatic heterocycles. The molecule has 0 amide bonds. The number of rotatable bonds is 5. The van der Waals surface area contributed by atoms with Crippen molar-refractivity contribution in [2.45, 2.75) is 12.8 Å². The Labute approximate surface area is 93.1 Å². The Kier molecular flexibility index (Phi) is 4.22. The van der Waals surface area contributed by atoms with Gasteiger partial charge in [0.2, 0.25) is 0 Å². The molecule has 1 rings (SSSR count). The van der Waals surface area contributed by atoms with Crippen molar-refractivity contribution in [1.29, 1.82) is 5.26 Å². The average Bonchev–Trinajstić information content (AvgIpc) is 2.28. The maximum atomic E-state index is 10.7. The first-order chi connectivity index (χ1) is 7.65. The molecule has 1 N–H and O–H groups in total. The van der Waals surface area contributed by atoms with Crippen molar-refractivity contribution in [1.82, 2.24) is 0 Å². The number of carboxylic acids is 1. The lowest BCUT2D eigenvalue weighted by Gasteiger charge is -2.07.